The topological polar surface area (TPSA) is 3.88 Å². The molecule has 2 rings (SSSR count). The molecule has 1 heteroatoms. The maximum Gasteiger partial charge on any atom is 0.184 e. The molecular formula is C14H18N+. The standard InChI is InChI=1S/C14H18N/c1-4-12-13-9-7-6-8-11(13)10-15(3)14(12)5-2/h6-10H,4-5H2,1-3H3/q+1. The van der Waals surface area contributed by atoms with Crippen LogP contribution in [0, 0.1) is 0 Å². The molecule has 0 fully saturated rings. The highest BCUT2D eigenvalue weighted by atomic mass is 14.9. The SMILES string of the molecule is CCc1c(CC)[n+](C)cc2ccccc12. The third-order valence-electron chi connectivity index (χ3n) is 3.08. The van der Waals surface area contributed by atoms with Gasteiger partial charge in [0, 0.05) is 17.4 Å². The lowest BCUT2D eigenvalue weighted by molar-refractivity contribution is -0.678. The van der Waals surface area contributed by atoms with Crippen LogP contribution in [0.15, 0.2) is 30.5 Å². The molecular weight excluding hydrogens is 182 g/mol. The molecule has 1 heterocycles. The van der Waals surface area contributed by atoms with E-state index in [4.69, 9.17) is 0 Å². The Hall–Kier alpha value is -1.37. The van der Waals surface area contributed by atoms with E-state index in [1.165, 1.54) is 22.0 Å². The van der Waals surface area contributed by atoms with Crippen molar-refractivity contribution in [3.8, 4) is 0 Å². The van der Waals surface area contributed by atoms with Gasteiger partial charge in [0.15, 0.2) is 11.9 Å². The summed E-state index contributed by atoms with van der Waals surface area (Å²) in [5.74, 6) is 0. The lowest BCUT2D eigenvalue weighted by Gasteiger charge is -2.07. The maximum absolute atomic E-state index is 2.27. The summed E-state index contributed by atoms with van der Waals surface area (Å²) >= 11 is 0. The second kappa shape index (κ2) is 4.01. The average Bonchev–Trinajstić information content (AvgIpc) is 2.27. The van der Waals surface area contributed by atoms with Gasteiger partial charge in [0.05, 0.1) is 0 Å². The summed E-state index contributed by atoms with van der Waals surface area (Å²) in [6.45, 7) is 4.46. The van der Waals surface area contributed by atoms with Gasteiger partial charge in [-0.1, -0.05) is 32.0 Å². The van der Waals surface area contributed by atoms with Gasteiger partial charge in [-0.15, -0.1) is 0 Å². The van der Waals surface area contributed by atoms with E-state index in [0.29, 0.717) is 0 Å². The van der Waals surface area contributed by atoms with Crippen molar-refractivity contribution < 1.29 is 4.57 Å². The minimum Gasteiger partial charge on any atom is -0.204 e. The first-order valence-electron chi connectivity index (χ1n) is 5.67. The molecule has 0 atom stereocenters. The summed E-state index contributed by atoms with van der Waals surface area (Å²) in [5, 5.41) is 2.75. The fourth-order valence-electron chi connectivity index (χ4n) is 2.40. The Morgan fingerprint density at radius 3 is 2.47 bits per heavy atom. The summed E-state index contributed by atoms with van der Waals surface area (Å²) in [7, 11) is 2.14. The van der Waals surface area contributed by atoms with E-state index in [1.807, 2.05) is 0 Å². The zero-order chi connectivity index (χ0) is 10.8. The zero-order valence-electron chi connectivity index (χ0n) is 9.75. The summed E-state index contributed by atoms with van der Waals surface area (Å²) < 4.78 is 2.27. The van der Waals surface area contributed by atoms with Gasteiger partial charge in [-0.25, -0.2) is 4.57 Å². The number of aromatic nitrogens is 1. The van der Waals surface area contributed by atoms with Gasteiger partial charge in [-0.05, 0) is 17.9 Å². The first-order valence-corrected chi connectivity index (χ1v) is 5.67. The quantitative estimate of drug-likeness (QED) is 0.656. The minimum atomic E-state index is 1.10. The van der Waals surface area contributed by atoms with Crippen LogP contribution in [0.5, 0.6) is 0 Å². The van der Waals surface area contributed by atoms with Gasteiger partial charge in [0.2, 0.25) is 0 Å². The van der Waals surface area contributed by atoms with Crippen molar-refractivity contribution in [2.75, 3.05) is 0 Å². The predicted octanol–water partition coefficient (Wildman–Crippen LogP) is 2.79. The van der Waals surface area contributed by atoms with Crippen LogP contribution >= 0.6 is 0 Å². The third kappa shape index (κ3) is 1.63. The molecule has 0 unspecified atom stereocenters. The van der Waals surface area contributed by atoms with E-state index in [-0.39, 0.29) is 0 Å². The lowest BCUT2D eigenvalue weighted by Crippen LogP contribution is -2.34. The van der Waals surface area contributed by atoms with Crippen LogP contribution in [0.25, 0.3) is 10.8 Å². The summed E-state index contributed by atoms with van der Waals surface area (Å²) in [6.07, 6.45) is 4.44. The minimum absolute atomic E-state index is 1.10. The summed E-state index contributed by atoms with van der Waals surface area (Å²) in [5.41, 5.74) is 2.95. The van der Waals surface area contributed by atoms with Crippen molar-refractivity contribution in [1.29, 1.82) is 0 Å². The highest BCUT2D eigenvalue weighted by Crippen LogP contribution is 2.20. The highest BCUT2D eigenvalue weighted by Gasteiger charge is 2.13. The van der Waals surface area contributed by atoms with E-state index in [0.717, 1.165) is 12.8 Å². The number of nitrogens with zero attached hydrogens (tertiary/aromatic N) is 1. The Labute approximate surface area is 91.4 Å². The Bertz CT molecular complexity index is 486. The van der Waals surface area contributed by atoms with Crippen LogP contribution in [0.1, 0.15) is 25.1 Å². The molecule has 1 nitrogen and oxygen atoms in total. The number of fused-ring (bicyclic) bond motifs is 1. The molecule has 0 saturated heterocycles. The molecule has 0 amide bonds. The fraction of sp³-hybridized carbons (Fsp3) is 0.357. The molecule has 15 heavy (non-hydrogen) atoms. The summed E-state index contributed by atoms with van der Waals surface area (Å²) in [4.78, 5) is 0. The lowest BCUT2D eigenvalue weighted by atomic mass is 10.0. The highest BCUT2D eigenvalue weighted by molar-refractivity contribution is 5.84. The van der Waals surface area contributed by atoms with Crippen molar-refractivity contribution in [3.05, 3.63) is 41.7 Å². The number of benzene rings is 1. The van der Waals surface area contributed by atoms with Gasteiger partial charge < -0.3 is 0 Å². The molecule has 0 aliphatic heterocycles. The molecule has 1 aromatic carbocycles. The number of rotatable bonds is 2. The molecule has 2 aromatic rings. The molecule has 0 aliphatic rings. The third-order valence-corrected chi connectivity index (χ3v) is 3.08. The van der Waals surface area contributed by atoms with Crippen LogP contribution in [-0.2, 0) is 19.9 Å². The van der Waals surface area contributed by atoms with E-state index in [2.05, 4.69) is 55.9 Å². The van der Waals surface area contributed by atoms with Crippen LogP contribution in [-0.4, -0.2) is 0 Å². The molecule has 0 saturated carbocycles. The van der Waals surface area contributed by atoms with E-state index in [1.54, 1.807) is 0 Å². The first-order chi connectivity index (χ1) is 7.27. The molecule has 0 N–H and O–H groups in total. The fourth-order valence-corrected chi connectivity index (χ4v) is 2.40. The second-order valence-electron chi connectivity index (χ2n) is 3.96. The average molecular weight is 200 g/mol. The number of pyridine rings is 1. The molecule has 0 spiro atoms. The first kappa shape index (κ1) is 10.2. The molecule has 0 bridgehead atoms. The molecule has 1 aromatic heterocycles. The predicted molar refractivity (Wildman–Crippen MR) is 63.9 cm³/mol. The van der Waals surface area contributed by atoms with E-state index in [9.17, 15) is 0 Å². The van der Waals surface area contributed by atoms with Crippen LogP contribution < -0.4 is 4.57 Å². The zero-order valence-corrected chi connectivity index (χ0v) is 9.75. The van der Waals surface area contributed by atoms with Gasteiger partial charge >= 0.3 is 0 Å². The van der Waals surface area contributed by atoms with Crippen molar-refractivity contribution >= 4 is 10.8 Å². The Kier molecular flexibility index (Phi) is 2.72. The molecule has 0 radical (unpaired) electrons. The van der Waals surface area contributed by atoms with E-state index >= 15 is 0 Å². The number of hydrogen-bond acceptors (Lipinski definition) is 0. The van der Waals surface area contributed by atoms with Crippen LogP contribution in [0.4, 0.5) is 0 Å². The molecule has 0 aliphatic carbocycles. The smallest absolute Gasteiger partial charge is 0.184 e. The van der Waals surface area contributed by atoms with Gasteiger partial charge in [0.25, 0.3) is 0 Å². The van der Waals surface area contributed by atoms with Crippen molar-refractivity contribution in [3.63, 3.8) is 0 Å². The Morgan fingerprint density at radius 1 is 1.07 bits per heavy atom. The number of hydrogen-bond donors (Lipinski definition) is 0. The van der Waals surface area contributed by atoms with Crippen molar-refractivity contribution in [2.45, 2.75) is 26.7 Å². The largest absolute Gasteiger partial charge is 0.204 e. The summed E-state index contributed by atoms with van der Waals surface area (Å²) in [6, 6.07) is 8.65. The Balaban J connectivity index is 2.84. The van der Waals surface area contributed by atoms with Gasteiger partial charge in [-0.2, -0.15) is 0 Å². The van der Waals surface area contributed by atoms with Gasteiger partial charge in [0.1, 0.15) is 7.05 Å². The normalized spacial score (nSPS) is 10.9. The molecule has 78 valence electrons. The van der Waals surface area contributed by atoms with Gasteiger partial charge in [-0.3, -0.25) is 0 Å². The van der Waals surface area contributed by atoms with E-state index < -0.39 is 0 Å². The Morgan fingerprint density at radius 2 is 1.80 bits per heavy atom. The maximum atomic E-state index is 2.27. The van der Waals surface area contributed by atoms with Crippen LogP contribution in [0.2, 0.25) is 0 Å². The second-order valence-corrected chi connectivity index (χ2v) is 3.96. The monoisotopic (exact) mass is 200 g/mol. The van der Waals surface area contributed by atoms with Crippen LogP contribution in [0.3, 0.4) is 0 Å². The van der Waals surface area contributed by atoms with Crippen molar-refractivity contribution in [2.24, 2.45) is 7.05 Å². The van der Waals surface area contributed by atoms with Crippen molar-refractivity contribution in [1.82, 2.24) is 0 Å². The number of aryl methyl sites for hydroxylation is 2.